The molecular formula is C17H16F3NO2. The molecule has 0 fully saturated rings. The molecule has 0 aliphatic heterocycles. The van der Waals surface area contributed by atoms with E-state index in [-0.39, 0.29) is 28.5 Å². The van der Waals surface area contributed by atoms with E-state index in [0.29, 0.717) is 0 Å². The molecule has 0 radical (unpaired) electrons. The minimum absolute atomic E-state index is 0.0867. The van der Waals surface area contributed by atoms with Crippen molar-refractivity contribution in [2.75, 3.05) is 14.1 Å². The molecule has 0 unspecified atom stereocenters. The van der Waals surface area contributed by atoms with Gasteiger partial charge in [-0.25, -0.2) is 13.2 Å². The Balaban J connectivity index is 2.19. The van der Waals surface area contributed by atoms with Crippen LogP contribution >= 0.6 is 0 Å². The summed E-state index contributed by atoms with van der Waals surface area (Å²) in [6, 6.07) is 8.96. The first-order valence-electron chi connectivity index (χ1n) is 6.86. The molecule has 0 N–H and O–H groups in total. The Kier molecular flexibility index (Phi) is 4.63. The fraction of sp³-hybridized carbons (Fsp3) is 0.235. The summed E-state index contributed by atoms with van der Waals surface area (Å²) >= 11 is 0. The van der Waals surface area contributed by atoms with Gasteiger partial charge >= 0.3 is 0 Å². The van der Waals surface area contributed by atoms with Crippen LogP contribution in [0.2, 0.25) is 0 Å². The summed E-state index contributed by atoms with van der Waals surface area (Å²) in [4.78, 5) is 13.1. The van der Waals surface area contributed by atoms with Gasteiger partial charge in [-0.15, -0.1) is 0 Å². The Hall–Kier alpha value is -2.50. The fourth-order valence-electron chi connectivity index (χ4n) is 1.92. The van der Waals surface area contributed by atoms with Crippen LogP contribution in [0, 0.1) is 5.82 Å². The summed E-state index contributed by atoms with van der Waals surface area (Å²) in [5, 5.41) is 0. The lowest BCUT2D eigenvalue weighted by molar-refractivity contribution is 0.0174. The van der Waals surface area contributed by atoms with Crippen molar-refractivity contribution in [1.29, 1.82) is 0 Å². The first-order valence-corrected chi connectivity index (χ1v) is 6.86. The van der Waals surface area contributed by atoms with Crippen molar-refractivity contribution in [3.05, 3.63) is 59.4 Å². The number of carbonyl (C=O) groups excluding carboxylic acids is 1. The molecule has 0 atom stereocenters. The molecule has 0 spiro atoms. The second-order valence-corrected chi connectivity index (χ2v) is 5.36. The topological polar surface area (TPSA) is 29.5 Å². The van der Waals surface area contributed by atoms with Crippen molar-refractivity contribution in [2.45, 2.75) is 12.8 Å². The van der Waals surface area contributed by atoms with Crippen molar-refractivity contribution in [1.82, 2.24) is 4.90 Å². The molecule has 23 heavy (non-hydrogen) atoms. The molecule has 0 heterocycles. The van der Waals surface area contributed by atoms with Gasteiger partial charge in [0.05, 0.1) is 0 Å². The molecular weight excluding hydrogens is 307 g/mol. The summed E-state index contributed by atoms with van der Waals surface area (Å²) in [5.41, 5.74) is 0.0399. The first kappa shape index (κ1) is 16.9. The number of nitrogens with zero attached hydrogens (tertiary/aromatic N) is 1. The SMILES string of the molecule is CN(C)C(=O)c1ccc(Oc2ccc(C(C)(F)F)cc2)c(F)c1. The molecule has 0 bridgehead atoms. The highest BCUT2D eigenvalue weighted by atomic mass is 19.3. The third kappa shape index (κ3) is 4.03. The zero-order valence-corrected chi connectivity index (χ0v) is 12.9. The first-order chi connectivity index (χ1) is 10.7. The van der Waals surface area contributed by atoms with Crippen LogP contribution in [-0.4, -0.2) is 24.9 Å². The molecule has 0 aliphatic rings. The van der Waals surface area contributed by atoms with E-state index in [1.807, 2.05) is 0 Å². The van der Waals surface area contributed by atoms with Gasteiger partial charge < -0.3 is 9.64 Å². The Bertz CT molecular complexity index is 707. The van der Waals surface area contributed by atoms with Gasteiger partial charge in [0.1, 0.15) is 5.75 Å². The molecule has 6 heteroatoms. The smallest absolute Gasteiger partial charge is 0.270 e. The molecule has 0 saturated carbocycles. The minimum Gasteiger partial charge on any atom is -0.454 e. The zero-order chi connectivity index (χ0) is 17.2. The summed E-state index contributed by atoms with van der Waals surface area (Å²) in [5.74, 6) is -3.84. The summed E-state index contributed by atoms with van der Waals surface area (Å²) in [7, 11) is 3.13. The quantitative estimate of drug-likeness (QED) is 0.833. The number of hydrogen-bond donors (Lipinski definition) is 0. The molecule has 0 aliphatic carbocycles. The van der Waals surface area contributed by atoms with Crippen LogP contribution < -0.4 is 4.74 Å². The van der Waals surface area contributed by atoms with Gasteiger partial charge in [0.25, 0.3) is 11.8 Å². The van der Waals surface area contributed by atoms with Crippen LogP contribution in [0.5, 0.6) is 11.5 Å². The van der Waals surface area contributed by atoms with Gasteiger partial charge in [-0.1, -0.05) is 0 Å². The van der Waals surface area contributed by atoms with Crippen molar-refractivity contribution in [3.8, 4) is 11.5 Å². The van der Waals surface area contributed by atoms with Crippen molar-refractivity contribution < 1.29 is 22.7 Å². The van der Waals surface area contributed by atoms with E-state index in [0.717, 1.165) is 13.0 Å². The van der Waals surface area contributed by atoms with E-state index in [9.17, 15) is 18.0 Å². The van der Waals surface area contributed by atoms with Crippen molar-refractivity contribution in [2.24, 2.45) is 0 Å². The number of ether oxygens (including phenoxy) is 1. The number of rotatable bonds is 4. The van der Waals surface area contributed by atoms with Crippen molar-refractivity contribution in [3.63, 3.8) is 0 Å². The lowest BCUT2D eigenvalue weighted by Gasteiger charge is -2.13. The highest BCUT2D eigenvalue weighted by Gasteiger charge is 2.23. The number of benzene rings is 2. The van der Waals surface area contributed by atoms with Crippen LogP contribution in [0.1, 0.15) is 22.8 Å². The maximum atomic E-state index is 14.0. The van der Waals surface area contributed by atoms with Gasteiger partial charge in [0.15, 0.2) is 11.6 Å². The molecule has 0 aromatic heterocycles. The van der Waals surface area contributed by atoms with Crippen LogP contribution in [-0.2, 0) is 5.92 Å². The number of carbonyl (C=O) groups is 1. The monoisotopic (exact) mass is 323 g/mol. The van der Waals surface area contributed by atoms with Crippen LogP contribution in [0.3, 0.4) is 0 Å². The molecule has 122 valence electrons. The molecule has 2 aromatic carbocycles. The molecule has 2 aromatic rings. The second kappa shape index (κ2) is 6.32. The molecule has 0 saturated heterocycles. The van der Waals surface area contributed by atoms with Crippen LogP contribution in [0.4, 0.5) is 13.2 Å². The maximum absolute atomic E-state index is 14.0. The highest BCUT2D eigenvalue weighted by Crippen LogP contribution is 2.30. The highest BCUT2D eigenvalue weighted by molar-refractivity contribution is 5.94. The van der Waals surface area contributed by atoms with Gasteiger partial charge in [0.2, 0.25) is 0 Å². The van der Waals surface area contributed by atoms with E-state index in [2.05, 4.69) is 0 Å². The fourth-order valence-corrected chi connectivity index (χ4v) is 1.92. The van der Waals surface area contributed by atoms with Crippen LogP contribution in [0.15, 0.2) is 42.5 Å². The molecule has 2 rings (SSSR count). The standard InChI is InChI=1S/C17H16F3NO2/c1-17(19,20)12-5-7-13(8-6-12)23-15-9-4-11(10-14(15)18)16(22)21(2)3/h4-10H,1-3H3. The van der Waals surface area contributed by atoms with E-state index in [4.69, 9.17) is 4.74 Å². The predicted octanol–water partition coefficient (Wildman–Crippen LogP) is 4.43. The van der Waals surface area contributed by atoms with Gasteiger partial charge in [-0.05, 0) is 42.5 Å². The average molecular weight is 323 g/mol. The number of alkyl halides is 2. The van der Waals surface area contributed by atoms with E-state index in [1.165, 1.54) is 41.3 Å². The van der Waals surface area contributed by atoms with E-state index in [1.54, 1.807) is 14.1 Å². The van der Waals surface area contributed by atoms with E-state index < -0.39 is 11.7 Å². The zero-order valence-electron chi connectivity index (χ0n) is 12.9. The molecule has 1 amide bonds. The average Bonchev–Trinajstić information content (AvgIpc) is 2.48. The van der Waals surface area contributed by atoms with Gasteiger partial charge in [-0.2, -0.15) is 0 Å². The molecule has 3 nitrogen and oxygen atoms in total. The van der Waals surface area contributed by atoms with Crippen molar-refractivity contribution >= 4 is 5.91 Å². The lowest BCUT2D eigenvalue weighted by atomic mass is 10.1. The summed E-state index contributed by atoms with van der Waals surface area (Å²) in [6.07, 6.45) is 0. The predicted molar refractivity (Wildman–Crippen MR) is 80.5 cm³/mol. The minimum atomic E-state index is -2.95. The Labute approximate surface area is 132 Å². The number of amides is 1. The van der Waals surface area contributed by atoms with Gasteiger partial charge in [0, 0.05) is 32.1 Å². The van der Waals surface area contributed by atoms with Crippen LogP contribution in [0.25, 0.3) is 0 Å². The number of halogens is 3. The Morgan fingerprint density at radius 3 is 2.17 bits per heavy atom. The Morgan fingerprint density at radius 2 is 1.70 bits per heavy atom. The van der Waals surface area contributed by atoms with Gasteiger partial charge in [-0.3, -0.25) is 4.79 Å². The Morgan fingerprint density at radius 1 is 1.09 bits per heavy atom. The third-order valence-corrected chi connectivity index (χ3v) is 3.17. The number of hydrogen-bond acceptors (Lipinski definition) is 2. The summed E-state index contributed by atoms with van der Waals surface area (Å²) in [6.45, 7) is 0.795. The summed E-state index contributed by atoms with van der Waals surface area (Å²) < 4.78 is 45.6. The maximum Gasteiger partial charge on any atom is 0.270 e. The lowest BCUT2D eigenvalue weighted by Crippen LogP contribution is -2.21. The largest absolute Gasteiger partial charge is 0.454 e. The van der Waals surface area contributed by atoms with E-state index >= 15 is 0 Å². The normalized spacial score (nSPS) is 11.2. The second-order valence-electron chi connectivity index (χ2n) is 5.36. The third-order valence-electron chi connectivity index (χ3n) is 3.17.